The minimum atomic E-state index is -0.742. The molecule has 1 amide bonds. The zero-order chi connectivity index (χ0) is 19.6. The summed E-state index contributed by atoms with van der Waals surface area (Å²) in [4.78, 5) is 27.4. The fourth-order valence-corrected chi connectivity index (χ4v) is 4.63. The van der Waals surface area contributed by atoms with Crippen molar-refractivity contribution >= 4 is 11.9 Å². The van der Waals surface area contributed by atoms with Gasteiger partial charge in [0.1, 0.15) is 6.10 Å². The smallest absolute Gasteiger partial charge is 0.314 e. The van der Waals surface area contributed by atoms with Crippen LogP contribution >= 0.6 is 0 Å². The first-order valence-corrected chi connectivity index (χ1v) is 10.3. The molecular weight excluding hydrogens is 338 g/mol. The van der Waals surface area contributed by atoms with Gasteiger partial charge in [0.05, 0.1) is 5.41 Å². The number of rotatable bonds is 5. The predicted octanol–water partition coefficient (Wildman–Crippen LogP) is 4.43. The Morgan fingerprint density at radius 3 is 2.63 bits per heavy atom. The average Bonchev–Trinajstić information content (AvgIpc) is 2.90. The molecule has 4 nitrogen and oxygen atoms in total. The summed E-state index contributed by atoms with van der Waals surface area (Å²) in [6.07, 6.45) is 3.49. The lowest BCUT2D eigenvalue weighted by Crippen LogP contribution is -2.41. The van der Waals surface area contributed by atoms with E-state index in [1.165, 1.54) is 6.42 Å². The van der Waals surface area contributed by atoms with E-state index in [-0.39, 0.29) is 24.4 Å². The van der Waals surface area contributed by atoms with Gasteiger partial charge in [-0.1, -0.05) is 57.5 Å². The van der Waals surface area contributed by atoms with Crippen LogP contribution < -0.4 is 0 Å². The zero-order valence-electron chi connectivity index (χ0n) is 17.1. The number of esters is 1. The summed E-state index contributed by atoms with van der Waals surface area (Å²) < 4.78 is 6.05. The summed E-state index contributed by atoms with van der Waals surface area (Å²) in [7, 11) is 0. The molecule has 1 aromatic carbocycles. The van der Waals surface area contributed by atoms with Crippen LogP contribution in [0.1, 0.15) is 58.9 Å². The molecule has 1 aliphatic carbocycles. The van der Waals surface area contributed by atoms with Crippen molar-refractivity contribution in [3.8, 4) is 0 Å². The molecule has 27 heavy (non-hydrogen) atoms. The van der Waals surface area contributed by atoms with Crippen molar-refractivity contribution in [3.05, 3.63) is 35.9 Å². The lowest BCUT2D eigenvalue weighted by Gasteiger charge is -2.38. The van der Waals surface area contributed by atoms with Crippen LogP contribution in [0, 0.1) is 23.2 Å². The molecule has 0 radical (unpaired) electrons. The highest BCUT2D eigenvalue weighted by molar-refractivity contribution is 5.89. The summed E-state index contributed by atoms with van der Waals surface area (Å²) in [5.41, 5.74) is 0.345. The van der Waals surface area contributed by atoms with E-state index in [2.05, 4.69) is 20.8 Å². The van der Waals surface area contributed by atoms with Crippen molar-refractivity contribution in [2.75, 3.05) is 6.54 Å². The van der Waals surface area contributed by atoms with Gasteiger partial charge in [0, 0.05) is 19.5 Å². The average molecular weight is 372 g/mol. The molecule has 3 rings (SSSR count). The zero-order valence-corrected chi connectivity index (χ0v) is 17.1. The molecule has 1 aliphatic heterocycles. The Labute approximate surface area is 163 Å². The number of carbonyl (C=O) groups excluding carboxylic acids is 2. The number of hydrogen-bond donors (Lipinski definition) is 0. The monoisotopic (exact) mass is 371 g/mol. The van der Waals surface area contributed by atoms with E-state index in [9.17, 15) is 9.59 Å². The van der Waals surface area contributed by atoms with Gasteiger partial charge in [-0.25, -0.2) is 0 Å². The van der Waals surface area contributed by atoms with Crippen LogP contribution in [0.15, 0.2) is 30.3 Å². The maximum atomic E-state index is 13.1. The normalized spacial score (nSPS) is 31.4. The van der Waals surface area contributed by atoms with E-state index in [0.717, 1.165) is 18.4 Å². The summed E-state index contributed by atoms with van der Waals surface area (Å²) in [5, 5.41) is 0. The molecule has 1 unspecified atom stereocenters. The largest absolute Gasteiger partial charge is 0.462 e. The standard InChI is InChI=1S/C23H33NO3/c1-16(2)19-11-10-17(3)12-20(19)27-22(26)23(4)13-21(25)24(15-23)14-18-8-6-5-7-9-18/h5-9,16-17,19-20H,10-15H2,1-4H3/t17-,19+,20-,23?/m0/s1. The third kappa shape index (κ3) is 4.53. The van der Waals surface area contributed by atoms with E-state index >= 15 is 0 Å². The molecule has 0 aromatic heterocycles. The van der Waals surface area contributed by atoms with Gasteiger partial charge in [-0.3, -0.25) is 9.59 Å². The second-order valence-electron chi connectivity index (χ2n) is 9.24. The molecule has 4 heteroatoms. The van der Waals surface area contributed by atoms with Crippen molar-refractivity contribution in [1.29, 1.82) is 0 Å². The summed E-state index contributed by atoms with van der Waals surface area (Å²) >= 11 is 0. The molecular formula is C23H33NO3. The molecule has 2 aliphatic rings. The van der Waals surface area contributed by atoms with Crippen molar-refractivity contribution < 1.29 is 14.3 Å². The molecule has 0 spiro atoms. The minimum Gasteiger partial charge on any atom is -0.462 e. The van der Waals surface area contributed by atoms with Crippen molar-refractivity contribution in [1.82, 2.24) is 4.90 Å². The minimum absolute atomic E-state index is 0.0173. The Hall–Kier alpha value is -1.84. The molecule has 4 atom stereocenters. The van der Waals surface area contributed by atoms with Gasteiger partial charge in [-0.2, -0.15) is 0 Å². The number of amides is 1. The summed E-state index contributed by atoms with van der Waals surface area (Å²) in [6.45, 7) is 9.54. The van der Waals surface area contributed by atoms with E-state index in [4.69, 9.17) is 4.74 Å². The topological polar surface area (TPSA) is 46.6 Å². The van der Waals surface area contributed by atoms with Crippen LogP contribution in [0.2, 0.25) is 0 Å². The van der Waals surface area contributed by atoms with E-state index in [1.54, 1.807) is 4.90 Å². The van der Waals surface area contributed by atoms with Crippen LogP contribution in [0.4, 0.5) is 0 Å². The third-order valence-electron chi connectivity index (χ3n) is 6.36. The van der Waals surface area contributed by atoms with E-state index in [0.29, 0.717) is 30.8 Å². The Bertz CT molecular complexity index is 671. The molecule has 1 saturated carbocycles. The lowest BCUT2D eigenvalue weighted by molar-refractivity contribution is -0.167. The summed E-state index contributed by atoms with van der Waals surface area (Å²) in [5.74, 6) is 1.35. The van der Waals surface area contributed by atoms with Crippen LogP contribution in [0.5, 0.6) is 0 Å². The number of hydrogen-bond acceptors (Lipinski definition) is 3. The van der Waals surface area contributed by atoms with Crippen molar-refractivity contribution in [2.24, 2.45) is 23.2 Å². The van der Waals surface area contributed by atoms with Gasteiger partial charge in [0.2, 0.25) is 5.91 Å². The summed E-state index contributed by atoms with van der Waals surface area (Å²) in [6, 6.07) is 9.93. The fourth-order valence-electron chi connectivity index (χ4n) is 4.63. The number of nitrogens with zero attached hydrogens (tertiary/aromatic N) is 1. The first-order valence-electron chi connectivity index (χ1n) is 10.3. The molecule has 0 N–H and O–H groups in total. The second kappa shape index (κ2) is 8.04. The van der Waals surface area contributed by atoms with E-state index < -0.39 is 5.41 Å². The Balaban J connectivity index is 1.66. The first-order chi connectivity index (χ1) is 12.8. The van der Waals surface area contributed by atoms with Crippen LogP contribution in [0.3, 0.4) is 0 Å². The van der Waals surface area contributed by atoms with E-state index in [1.807, 2.05) is 37.3 Å². The molecule has 2 fully saturated rings. The van der Waals surface area contributed by atoms with Crippen LogP contribution in [-0.4, -0.2) is 29.4 Å². The molecule has 1 saturated heterocycles. The van der Waals surface area contributed by atoms with Gasteiger partial charge < -0.3 is 9.64 Å². The van der Waals surface area contributed by atoms with Gasteiger partial charge in [-0.15, -0.1) is 0 Å². The number of likely N-dealkylation sites (tertiary alicyclic amines) is 1. The molecule has 148 valence electrons. The first kappa shape index (κ1) is 19.9. The predicted molar refractivity (Wildman–Crippen MR) is 106 cm³/mol. The SMILES string of the molecule is CC(C)[C@H]1CC[C@H](C)C[C@@H]1OC(=O)C1(C)CC(=O)N(Cc2ccccc2)C1. The Morgan fingerprint density at radius 1 is 1.26 bits per heavy atom. The second-order valence-corrected chi connectivity index (χ2v) is 9.24. The molecule has 0 bridgehead atoms. The maximum absolute atomic E-state index is 13.1. The van der Waals surface area contributed by atoms with Gasteiger partial charge in [0.15, 0.2) is 0 Å². The van der Waals surface area contributed by atoms with Gasteiger partial charge in [-0.05, 0) is 43.1 Å². The molecule has 1 aromatic rings. The third-order valence-corrected chi connectivity index (χ3v) is 6.36. The molecule has 1 heterocycles. The fraction of sp³-hybridized carbons (Fsp3) is 0.652. The highest BCUT2D eigenvalue weighted by Crippen LogP contribution is 2.39. The number of carbonyl (C=O) groups is 2. The Morgan fingerprint density at radius 2 is 1.96 bits per heavy atom. The van der Waals surface area contributed by atoms with Crippen LogP contribution in [-0.2, 0) is 20.9 Å². The number of benzene rings is 1. The van der Waals surface area contributed by atoms with Crippen LogP contribution in [0.25, 0.3) is 0 Å². The van der Waals surface area contributed by atoms with Gasteiger partial charge in [0.25, 0.3) is 0 Å². The van der Waals surface area contributed by atoms with Crippen molar-refractivity contribution in [2.45, 2.75) is 66.0 Å². The number of ether oxygens (including phenoxy) is 1. The Kier molecular flexibility index (Phi) is 5.92. The highest BCUT2D eigenvalue weighted by atomic mass is 16.5. The highest BCUT2D eigenvalue weighted by Gasteiger charge is 2.47. The van der Waals surface area contributed by atoms with Gasteiger partial charge >= 0.3 is 5.97 Å². The van der Waals surface area contributed by atoms with Crippen molar-refractivity contribution in [3.63, 3.8) is 0 Å². The lowest BCUT2D eigenvalue weighted by atomic mass is 9.75. The maximum Gasteiger partial charge on any atom is 0.314 e. The quantitative estimate of drug-likeness (QED) is 0.720.